The molecule has 4 heteroatoms. The smallest absolute Gasteiger partial charge is 0.119 e. The first-order valence-electron chi connectivity index (χ1n) is 6.51. The van der Waals surface area contributed by atoms with E-state index < -0.39 is 0 Å². The summed E-state index contributed by atoms with van der Waals surface area (Å²) in [5.74, 6) is 1.55. The second kappa shape index (κ2) is 10.8. The van der Waals surface area contributed by atoms with Crippen molar-refractivity contribution in [3.05, 3.63) is 29.8 Å². The van der Waals surface area contributed by atoms with Crippen LogP contribution >= 0.6 is 0 Å². The molecule has 1 rings (SSSR count). The van der Waals surface area contributed by atoms with Gasteiger partial charge in [0.15, 0.2) is 0 Å². The van der Waals surface area contributed by atoms with E-state index in [0.29, 0.717) is 6.61 Å². The number of methoxy groups -OCH3 is 1. The summed E-state index contributed by atoms with van der Waals surface area (Å²) in [6.07, 6.45) is 2.05. The largest absolute Gasteiger partial charge is 0.491 e. The second-order valence-corrected chi connectivity index (χ2v) is 4.93. The Kier molecular flexibility index (Phi) is 10.8. The first-order valence-corrected chi connectivity index (χ1v) is 6.51. The zero-order valence-corrected chi connectivity index (χ0v) is 15.0. The predicted molar refractivity (Wildman–Crippen MR) is 73.0 cm³/mol. The number of aliphatic hydroxyl groups excluding tert-OH is 1. The van der Waals surface area contributed by atoms with Gasteiger partial charge in [-0.05, 0) is 36.5 Å². The molecule has 0 spiro atoms. The SMILES string of the molecule is COC(CO)COc1ccc(CCC(C)C)cc1.[Y]. The molecule has 19 heavy (non-hydrogen) atoms. The summed E-state index contributed by atoms with van der Waals surface area (Å²) in [5.41, 5.74) is 1.33. The molecule has 0 saturated heterocycles. The molecular formula is C15H24O3Y. The Balaban J connectivity index is 0.00000324. The number of hydrogen-bond acceptors (Lipinski definition) is 3. The fourth-order valence-corrected chi connectivity index (χ4v) is 1.59. The van der Waals surface area contributed by atoms with Gasteiger partial charge in [-0.15, -0.1) is 0 Å². The van der Waals surface area contributed by atoms with E-state index in [9.17, 15) is 0 Å². The number of ether oxygens (including phenoxy) is 2. The molecule has 0 bridgehead atoms. The second-order valence-electron chi connectivity index (χ2n) is 4.93. The van der Waals surface area contributed by atoms with Gasteiger partial charge in [-0.2, -0.15) is 0 Å². The standard InChI is InChI=1S/C15H24O3.Y/c1-12(2)4-5-13-6-8-14(9-7-13)18-11-15(10-16)17-3;/h6-9,12,15-16H,4-5,10-11H2,1-3H3;. The van der Waals surface area contributed by atoms with Crippen LogP contribution in [-0.2, 0) is 43.9 Å². The predicted octanol–water partition coefficient (Wildman–Crippen LogP) is 2.66. The molecule has 105 valence electrons. The molecule has 0 amide bonds. The molecule has 0 aromatic heterocycles. The summed E-state index contributed by atoms with van der Waals surface area (Å²) in [6, 6.07) is 8.14. The maximum absolute atomic E-state index is 8.97. The zero-order valence-electron chi connectivity index (χ0n) is 12.1. The average molecular weight is 341 g/mol. The third-order valence-corrected chi connectivity index (χ3v) is 2.91. The maximum Gasteiger partial charge on any atom is 0.119 e. The molecule has 1 N–H and O–H groups in total. The summed E-state index contributed by atoms with van der Waals surface area (Å²) in [6.45, 7) is 4.82. The summed E-state index contributed by atoms with van der Waals surface area (Å²) < 4.78 is 10.6. The van der Waals surface area contributed by atoms with Gasteiger partial charge >= 0.3 is 0 Å². The van der Waals surface area contributed by atoms with Gasteiger partial charge in [-0.25, -0.2) is 0 Å². The van der Waals surface area contributed by atoms with Crippen LogP contribution < -0.4 is 4.74 Å². The topological polar surface area (TPSA) is 38.7 Å². The van der Waals surface area contributed by atoms with Crippen molar-refractivity contribution in [3.63, 3.8) is 0 Å². The van der Waals surface area contributed by atoms with Crippen LogP contribution in [0.4, 0.5) is 0 Å². The number of aryl methyl sites for hydroxylation is 1. The summed E-state index contributed by atoms with van der Waals surface area (Å²) in [4.78, 5) is 0. The Morgan fingerprint density at radius 1 is 1.16 bits per heavy atom. The van der Waals surface area contributed by atoms with Crippen LogP contribution in [-0.4, -0.2) is 31.5 Å². The van der Waals surface area contributed by atoms with Crippen LogP contribution in [0.5, 0.6) is 5.75 Å². The Morgan fingerprint density at radius 3 is 2.26 bits per heavy atom. The number of benzene rings is 1. The van der Waals surface area contributed by atoms with Gasteiger partial charge in [0.1, 0.15) is 18.5 Å². The van der Waals surface area contributed by atoms with Crippen LogP contribution in [0.3, 0.4) is 0 Å². The number of hydrogen-bond donors (Lipinski definition) is 1. The van der Waals surface area contributed by atoms with Crippen LogP contribution in [0.25, 0.3) is 0 Å². The van der Waals surface area contributed by atoms with E-state index in [0.717, 1.165) is 18.1 Å². The van der Waals surface area contributed by atoms with Crippen molar-refractivity contribution < 1.29 is 47.3 Å². The summed E-state index contributed by atoms with van der Waals surface area (Å²) >= 11 is 0. The first-order chi connectivity index (χ1) is 8.65. The minimum atomic E-state index is -0.259. The molecule has 3 nitrogen and oxygen atoms in total. The van der Waals surface area contributed by atoms with E-state index in [1.165, 1.54) is 12.0 Å². The molecule has 1 aromatic carbocycles. The van der Waals surface area contributed by atoms with E-state index in [-0.39, 0.29) is 45.4 Å². The molecule has 1 aromatic rings. The Hall–Kier alpha value is 0.0439. The van der Waals surface area contributed by atoms with Gasteiger partial charge in [-0.3, -0.25) is 0 Å². The van der Waals surface area contributed by atoms with E-state index in [2.05, 4.69) is 26.0 Å². The molecule has 0 fully saturated rings. The molecular weight excluding hydrogens is 317 g/mol. The van der Waals surface area contributed by atoms with Gasteiger partial charge in [-0.1, -0.05) is 26.0 Å². The molecule has 0 saturated carbocycles. The number of rotatable bonds is 8. The minimum Gasteiger partial charge on any atom is -0.491 e. The van der Waals surface area contributed by atoms with Crippen molar-refractivity contribution >= 4 is 0 Å². The third kappa shape index (κ3) is 8.03. The van der Waals surface area contributed by atoms with E-state index in [4.69, 9.17) is 14.6 Å². The van der Waals surface area contributed by atoms with Crippen LogP contribution in [0.15, 0.2) is 24.3 Å². The molecule has 0 aliphatic carbocycles. The molecule has 1 atom stereocenters. The molecule has 0 heterocycles. The van der Waals surface area contributed by atoms with E-state index in [1.54, 1.807) is 7.11 Å². The molecule has 1 unspecified atom stereocenters. The summed E-state index contributed by atoms with van der Waals surface area (Å²) in [5, 5.41) is 8.97. The Morgan fingerprint density at radius 2 is 1.79 bits per heavy atom. The van der Waals surface area contributed by atoms with Crippen molar-refractivity contribution in [2.75, 3.05) is 20.3 Å². The molecule has 0 aliphatic rings. The Bertz CT molecular complexity index is 321. The summed E-state index contributed by atoms with van der Waals surface area (Å²) in [7, 11) is 1.57. The van der Waals surface area contributed by atoms with Crippen LogP contribution in [0.1, 0.15) is 25.8 Å². The van der Waals surface area contributed by atoms with Gasteiger partial charge in [0, 0.05) is 39.8 Å². The fraction of sp³-hybridized carbons (Fsp3) is 0.600. The van der Waals surface area contributed by atoms with E-state index in [1.807, 2.05) is 12.1 Å². The van der Waals surface area contributed by atoms with Gasteiger partial charge in [0.05, 0.1) is 6.61 Å². The normalized spacial score (nSPS) is 12.1. The van der Waals surface area contributed by atoms with Gasteiger partial charge < -0.3 is 14.6 Å². The quantitative estimate of drug-likeness (QED) is 0.790. The van der Waals surface area contributed by atoms with Crippen LogP contribution in [0.2, 0.25) is 0 Å². The Labute approximate surface area is 141 Å². The van der Waals surface area contributed by atoms with Crippen molar-refractivity contribution in [3.8, 4) is 5.75 Å². The van der Waals surface area contributed by atoms with Crippen molar-refractivity contribution in [1.29, 1.82) is 0 Å². The minimum absolute atomic E-state index is 0. The monoisotopic (exact) mass is 341 g/mol. The maximum atomic E-state index is 8.97. The number of aliphatic hydroxyl groups is 1. The third-order valence-electron chi connectivity index (χ3n) is 2.91. The van der Waals surface area contributed by atoms with Crippen LogP contribution in [0, 0.1) is 5.92 Å². The molecule has 1 radical (unpaired) electrons. The fourth-order valence-electron chi connectivity index (χ4n) is 1.59. The van der Waals surface area contributed by atoms with Gasteiger partial charge in [0.2, 0.25) is 0 Å². The molecule has 0 aliphatic heterocycles. The average Bonchev–Trinajstić information content (AvgIpc) is 2.39. The van der Waals surface area contributed by atoms with Crippen molar-refractivity contribution in [1.82, 2.24) is 0 Å². The van der Waals surface area contributed by atoms with E-state index >= 15 is 0 Å². The van der Waals surface area contributed by atoms with Crippen molar-refractivity contribution in [2.24, 2.45) is 5.92 Å². The zero-order chi connectivity index (χ0) is 13.4. The first kappa shape index (κ1) is 19.0. The van der Waals surface area contributed by atoms with Crippen molar-refractivity contribution in [2.45, 2.75) is 32.8 Å². The van der Waals surface area contributed by atoms with Gasteiger partial charge in [0.25, 0.3) is 0 Å².